The summed E-state index contributed by atoms with van der Waals surface area (Å²) in [5, 5.41) is 2.69. The summed E-state index contributed by atoms with van der Waals surface area (Å²) in [4.78, 5) is 24.2. The Bertz CT molecular complexity index is 842. The molecule has 28 heavy (non-hydrogen) atoms. The fourth-order valence-corrected chi connectivity index (χ4v) is 4.98. The molecule has 0 aromatic heterocycles. The molecule has 144 valence electrons. The third kappa shape index (κ3) is 6.73. The number of unbranched alkanes of at least 4 members (excludes halogenated alkanes) is 1. The van der Waals surface area contributed by atoms with E-state index in [1.54, 1.807) is 47.2 Å². The molecule has 0 fully saturated rings. The molecule has 1 aliphatic heterocycles. The summed E-state index contributed by atoms with van der Waals surface area (Å²) in [5.41, 5.74) is 1.54. The zero-order chi connectivity index (χ0) is 19.6. The minimum atomic E-state index is -0.230. The molecule has 0 saturated heterocycles. The highest BCUT2D eigenvalue weighted by atomic mass is 33.1. The number of esters is 1. The highest BCUT2D eigenvalue weighted by Crippen LogP contribution is 2.37. The van der Waals surface area contributed by atoms with Gasteiger partial charge in [-0.25, -0.2) is 0 Å². The molecule has 0 radical (unpaired) electrons. The van der Waals surface area contributed by atoms with Crippen molar-refractivity contribution in [2.75, 3.05) is 0 Å². The lowest BCUT2D eigenvalue weighted by Crippen LogP contribution is -2.08. The lowest BCUT2D eigenvalue weighted by molar-refractivity contribution is -0.134. The lowest BCUT2D eigenvalue weighted by atomic mass is 10.1. The van der Waals surface area contributed by atoms with E-state index in [4.69, 9.17) is 4.74 Å². The van der Waals surface area contributed by atoms with Crippen molar-refractivity contribution in [3.8, 4) is 5.75 Å². The zero-order valence-corrected chi connectivity index (χ0v) is 17.1. The Balaban J connectivity index is 1.41. The molecule has 0 unspecified atom stereocenters. The molecular formula is C23H22O3S2. The van der Waals surface area contributed by atoms with E-state index in [0.29, 0.717) is 23.0 Å². The van der Waals surface area contributed by atoms with Crippen LogP contribution in [0.5, 0.6) is 5.75 Å². The van der Waals surface area contributed by atoms with Crippen LogP contribution in [0.25, 0.3) is 6.08 Å². The quantitative estimate of drug-likeness (QED) is 0.121. The molecule has 1 atom stereocenters. The number of hydrogen-bond acceptors (Lipinski definition) is 5. The van der Waals surface area contributed by atoms with Gasteiger partial charge in [0.2, 0.25) is 0 Å². The van der Waals surface area contributed by atoms with Gasteiger partial charge in [0, 0.05) is 17.2 Å². The summed E-state index contributed by atoms with van der Waals surface area (Å²) < 4.78 is 5.36. The van der Waals surface area contributed by atoms with Crippen LogP contribution in [0.4, 0.5) is 0 Å². The molecule has 3 rings (SSSR count). The van der Waals surface area contributed by atoms with E-state index >= 15 is 0 Å². The lowest BCUT2D eigenvalue weighted by Gasteiger charge is -2.07. The van der Waals surface area contributed by atoms with Crippen molar-refractivity contribution in [1.29, 1.82) is 0 Å². The third-order valence-corrected chi connectivity index (χ3v) is 6.67. The summed E-state index contributed by atoms with van der Waals surface area (Å²) >= 11 is 0. The number of hydrogen-bond donors (Lipinski definition) is 0. The van der Waals surface area contributed by atoms with E-state index in [2.05, 4.69) is 11.5 Å². The first-order valence-electron chi connectivity index (χ1n) is 9.28. The van der Waals surface area contributed by atoms with Crippen molar-refractivity contribution in [2.24, 2.45) is 0 Å². The Morgan fingerprint density at radius 3 is 2.50 bits per heavy atom. The molecule has 0 spiro atoms. The molecule has 2 aromatic carbocycles. The van der Waals surface area contributed by atoms with Crippen LogP contribution < -0.4 is 4.74 Å². The predicted octanol–water partition coefficient (Wildman–Crippen LogP) is 6.33. The van der Waals surface area contributed by atoms with Crippen molar-refractivity contribution in [3.05, 3.63) is 83.3 Å². The van der Waals surface area contributed by atoms with Crippen LogP contribution in [0.15, 0.2) is 72.2 Å². The maximum Gasteiger partial charge on any atom is 0.311 e. The Hall–Kier alpha value is -2.24. The number of ether oxygens (including phenoxy) is 1. The van der Waals surface area contributed by atoms with Crippen molar-refractivity contribution in [2.45, 2.75) is 30.9 Å². The van der Waals surface area contributed by atoms with Crippen molar-refractivity contribution >= 4 is 39.4 Å². The fraction of sp³-hybridized carbons (Fsp3) is 0.217. The van der Waals surface area contributed by atoms with Crippen LogP contribution >= 0.6 is 21.6 Å². The second-order valence-electron chi connectivity index (χ2n) is 6.41. The van der Waals surface area contributed by atoms with Gasteiger partial charge in [0.25, 0.3) is 0 Å². The van der Waals surface area contributed by atoms with Gasteiger partial charge in [0.1, 0.15) is 5.75 Å². The van der Waals surface area contributed by atoms with Crippen LogP contribution in [0, 0.1) is 0 Å². The van der Waals surface area contributed by atoms with E-state index in [-0.39, 0.29) is 11.8 Å². The molecule has 3 nitrogen and oxygen atoms in total. The van der Waals surface area contributed by atoms with Crippen LogP contribution in [-0.2, 0) is 4.79 Å². The Labute approximate surface area is 173 Å². The number of ketones is 1. The van der Waals surface area contributed by atoms with Gasteiger partial charge in [-0.2, -0.15) is 0 Å². The number of benzene rings is 2. The first kappa shape index (κ1) is 20.5. The summed E-state index contributed by atoms with van der Waals surface area (Å²) in [7, 11) is 3.64. The van der Waals surface area contributed by atoms with E-state index in [1.807, 2.05) is 41.1 Å². The van der Waals surface area contributed by atoms with Crippen LogP contribution in [-0.4, -0.2) is 17.0 Å². The first-order valence-corrected chi connectivity index (χ1v) is 11.6. The molecule has 5 heteroatoms. The standard InChI is InChI=1S/C23H22O3S2/c24-22(15-10-18-6-2-1-3-7-18)19-11-13-20(14-12-19)26-23(25)9-5-4-8-21-16-17-27-28-21/h1-3,6-7,10-17,21H,4-5,8-9H2/t21-/m0/s1. The second-order valence-corrected chi connectivity index (χ2v) is 8.83. The SMILES string of the molecule is O=C(CCCC[C@H]1C=CSS1)Oc1ccc(C(=O)C=Cc2ccccc2)cc1. The smallest absolute Gasteiger partial charge is 0.311 e. The van der Waals surface area contributed by atoms with Gasteiger partial charge >= 0.3 is 5.97 Å². The van der Waals surface area contributed by atoms with Gasteiger partial charge in [0.05, 0.1) is 0 Å². The minimum Gasteiger partial charge on any atom is -0.427 e. The summed E-state index contributed by atoms with van der Waals surface area (Å²) in [6.45, 7) is 0. The molecule has 2 aromatic rings. The van der Waals surface area contributed by atoms with E-state index in [9.17, 15) is 9.59 Å². The van der Waals surface area contributed by atoms with Crippen LogP contribution in [0.2, 0.25) is 0 Å². The molecule has 1 heterocycles. The number of allylic oxidation sites excluding steroid dienone is 1. The highest BCUT2D eigenvalue weighted by molar-refractivity contribution is 8.78. The number of rotatable bonds is 9. The Morgan fingerprint density at radius 2 is 1.79 bits per heavy atom. The van der Waals surface area contributed by atoms with Crippen molar-refractivity contribution in [1.82, 2.24) is 0 Å². The van der Waals surface area contributed by atoms with Gasteiger partial charge < -0.3 is 4.74 Å². The van der Waals surface area contributed by atoms with Crippen LogP contribution in [0.1, 0.15) is 41.6 Å². The van der Waals surface area contributed by atoms with Crippen molar-refractivity contribution in [3.63, 3.8) is 0 Å². The predicted molar refractivity (Wildman–Crippen MR) is 118 cm³/mol. The van der Waals surface area contributed by atoms with E-state index in [0.717, 1.165) is 24.8 Å². The summed E-state index contributed by atoms with van der Waals surface area (Å²) in [6, 6.07) is 16.4. The minimum absolute atomic E-state index is 0.0845. The van der Waals surface area contributed by atoms with Gasteiger partial charge in [-0.05, 0) is 54.2 Å². The molecule has 0 saturated carbocycles. The molecular weight excluding hydrogens is 388 g/mol. The average molecular weight is 411 g/mol. The van der Waals surface area contributed by atoms with E-state index < -0.39 is 0 Å². The van der Waals surface area contributed by atoms with Gasteiger partial charge in [-0.1, -0.05) is 70.5 Å². The highest BCUT2D eigenvalue weighted by Gasteiger charge is 2.11. The van der Waals surface area contributed by atoms with Gasteiger partial charge in [-0.3, -0.25) is 9.59 Å². The largest absolute Gasteiger partial charge is 0.427 e. The van der Waals surface area contributed by atoms with E-state index in [1.165, 1.54) is 0 Å². The molecule has 0 N–H and O–H groups in total. The monoisotopic (exact) mass is 410 g/mol. The van der Waals surface area contributed by atoms with Crippen LogP contribution in [0.3, 0.4) is 0 Å². The Kier molecular flexibility index (Phi) is 8.00. The number of carbonyl (C=O) groups excluding carboxylic acids is 2. The van der Waals surface area contributed by atoms with Gasteiger partial charge in [0.15, 0.2) is 5.78 Å². The average Bonchev–Trinajstić information content (AvgIpc) is 3.24. The Morgan fingerprint density at radius 1 is 1.00 bits per heavy atom. The summed E-state index contributed by atoms with van der Waals surface area (Å²) in [5.74, 6) is 0.157. The molecule has 0 amide bonds. The zero-order valence-electron chi connectivity index (χ0n) is 15.5. The maximum atomic E-state index is 12.2. The normalized spacial score (nSPS) is 15.8. The topological polar surface area (TPSA) is 43.4 Å². The van der Waals surface area contributed by atoms with Crippen molar-refractivity contribution < 1.29 is 14.3 Å². The summed E-state index contributed by atoms with van der Waals surface area (Å²) in [6.07, 6.45) is 8.89. The second kappa shape index (κ2) is 10.9. The first-order chi connectivity index (χ1) is 13.7. The molecule has 0 bridgehead atoms. The van der Waals surface area contributed by atoms with Gasteiger partial charge in [-0.15, -0.1) is 0 Å². The molecule has 0 aliphatic carbocycles. The third-order valence-electron chi connectivity index (χ3n) is 4.24. The fourth-order valence-electron chi connectivity index (χ4n) is 2.72. The molecule has 1 aliphatic rings. The number of carbonyl (C=O) groups is 2. The maximum absolute atomic E-state index is 12.2.